The summed E-state index contributed by atoms with van der Waals surface area (Å²) in [6.07, 6.45) is 0.741. The molecule has 0 saturated heterocycles. The number of hydrogen-bond acceptors (Lipinski definition) is 2. The second kappa shape index (κ2) is 6.41. The molecule has 1 amide bonds. The fourth-order valence-electron chi connectivity index (χ4n) is 3.35. The van der Waals surface area contributed by atoms with Crippen molar-refractivity contribution in [3.63, 3.8) is 0 Å². The van der Waals surface area contributed by atoms with Gasteiger partial charge in [0.1, 0.15) is 11.6 Å². The topological polar surface area (TPSA) is 20.3 Å². The fourth-order valence-corrected chi connectivity index (χ4v) is 4.25. The lowest BCUT2D eigenvalue weighted by Crippen LogP contribution is -2.40. The van der Waals surface area contributed by atoms with Gasteiger partial charge in [0.25, 0.3) is 5.91 Å². The summed E-state index contributed by atoms with van der Waals surface area (Å²) in [6, 6.07) is 14.6. The van der Waals surface area contributed by atoms with E-state index in [1.165, 1.54) is 10.9 Å². The molecule has 0 saturated carbocycles. The van der Waals surface area contributed by atoms with Crippen LogP contribution in [0.2, 0.25) is 0 Å². The molecule has 0 radical (unpaired) electrons. The highest BCUT2D eigenvalue weighted by molar-refractivity contribution is 7.10. The summed E-state index contributed by atoms with van der Waals surface area (Å²) < 4.78 is 27.3. The van der Waals surface area contributed by atoms with Gasteiger partial charge < -0.3 is 4.90 Å². The lowest BCUT2D eigenvalue weighted by Gasteiger charge is -2.36. The third kappa shape index (κ3) is 2.85. The van der Waals surface area contributed by atoms with Crippen molar-refractivity contribution in [3.8, 4) is 0 Å². The molecule has 4 rings (SSSR count). The van der Waals surface area contributed by atoms with Crippen LogP contribution in [-0.2, 0) is 6.42 Å². The Labute approximate surface area is 148 Å². The molecule has 2 nitrogen and oxygen atoms in total. The molecule has 1 aliphatic heterocycles. The normalized spacial score (nSPS) is 16.6. The SMILES string of the molecule is O=C(c1ccc(F)cc1F)N1CCc2sccc2[C@H]1c1ccccc1. The lowest BCUT2D eigenvalue weighted by atomic mass is 9.92. The van der Waals surface area contributed by atoms with Crippen LogP contribution in [0.4, 0.5) is 8.78 Å². The Bertz CT molecular complexity index is 922. The summed E-state index contributed by atoms with van der Waals surface area (Å²) in [5.74, 6) is -1.93. The highest BCUT2D eigenvalue weighted by Crippen LogP contribution is 2.38. The first kappa shape index (κ1) is 16.0. The average Bonchev–Trinajstić information content (AvgIpc) is 3.10. The van der Waals surface area contributed by atoms with Crippen molar-refractivity contribution in [2.24, 2.45) is 0 Å². The number of thiophene rings is 1. The molecule has 0 unspecified atom stereocenters. The van der Waals surface area contributed by atoms with Gasteiger partial charge in [-0.15, -0.1) is 11.3 Å². The van der Waals surface area contributed by atoms with Crippen LogP contribution in [0.3, 0.4) is 0 Å². The van der Waals surface area contributed by atoms with Crippen molar-refractivity contribution in [1.29, 1.82) is 0 Å². The van der Waals surface area contributed by atoms with Gasteiger partial charge in [-0.25, -0.2) is 8.78 Å². The van der Waals surface area contributed by atoms with Crippen LogP contribution in [0.25, 0.3) is 0 Å². The molecule has 0 spiro atoms. The van der Waals surface area contributed by atoms with Crippen molar-refractivity contribution < 1.29 is 13.6 Å². The number of benzene rings is 2. The zero-order chi connectivity index (χ0) is 17.4. The first-order valence-corrected chi connectivity index (χ1v) is 8.90. The van der Waals surface area contributed by atoms with E-state index in [1.54, 1.807) is 16.2 Å². The van der Waals surface area contributed by atoms with Gasteiger partial charge in [-0.2, -0.15) is 0 Å². The minimum atomic E-state index is -0.826. The van der Waals surface area contributed by atoms with Crippen LogP contribution < -0.4 is 0 Å². The number of carbonyl (C=O) groups is 1. The van der Waals surface area contributed by atoms with E-state index in [0.717, 1.165) is 29.7 Å². The molecule has 1 atom stereocenters. The zero-order valence-electron chi connectivity index (χ0n) is 13.3. The smallest absolute Gasteiger partial charge is 0.257 e. The molecule has 0 aliphatic carbocycles. The molecule has 2 heterocycles. The number of nitrogens with zero attached hydrogens (tertiary/aromatic N) is 1. The molecule has 0 bridgehead atoms. The van der Waals surface area contributed by atoms with Gasteiger partial charge in [0.05, 0.1) is 11.6 Å². The van der Waals surface area contributed by atoms with E-state index in [9.17, 15) is 13.6 Å². The number of rotatable bonds is 2. The third-order valence-electron chi connectivity index (χ3n) is 4.50. The molecular formula is C20H15F2NOS. The lowest BCUT2D eigenvalue weighted by molar-refractivity contribution is 0.0691. The van der Waals surface area contributed by atoms with Crippen molar-refractivity contribution in [1.82, 2.24) is 4.90 Å². The summed E-state index contributed by atoms with van der Waals surface area (Å²) in [5.41, 5.74) is 1.97. The Morgan fingerprint density at radius 3 is 2.64 bits per heavy atom. The first-order valence-electron chi connectivity index (χ1n) is 8.02. The van der Waals surface area contributed by atoms with Crippen molar-refractivity contribution in [2.75, 3.05) is 6.54 Å². The van der Waals surface area contributed by atoms with Gasteiger partial charge in [-0.05, 0) is 41.1 Å². The fraction of sp³-hybridized carbons (Fsp3) is 0.150. The quantitative estimate of drug-likeness (QED) is 0.646. The van der Waals surface area contributed by atoms with E-state index in [0.29, 0.717) is 6.54 Å². The highest BCUT2D eigenvalue weighted by Gasteiger charge is 2.34. The van der Waals surface area contributed by atoms with Crippen LogP contribution in [0.15, 0.2) is 60.0 Å². The Hall–Kier alpha value is -2.53. The molecule has 5 heteroatoms. The molecule has 126 valence electrons. The van der Waals surface area contributed by atoms with E-state index in [-0.39, 0.29) is 11.6 Å². The molecule has 2 aromatic carbocycles. The number of halogens is 2. The van der Waals surface area contributed by atoms with Crippen LogP contribution in [0, 0.1) is 11.6 Å². The molecule has 0 N–H and O–H groups in total. The van der Waals surface area contributed by atoms with Gasteiger partial charge in [-0.1, -0.05) is 30.3 Å². The molecule has 25 heavy (non-hydrogen) atoms. The van der Waals surface area contributed by atoms with E-state index in [2.05, 4.69) is 0 Å². The van der Waals surface area contributed by atoms with E-state index in [1.807, 2.05) is 41.8 Å². The molecule has 1 aliphatic rings. The number of carbonyl (C=O) groups excluding carboxylic acids is 1. The Morgan fingerprint density at radius 1 is 1.08 bits per heavy atom. The van der Waals surface area contributed by atoms with Crippen LogP contribution in [0.1, 0.15) is 32.4 Å². The maximum absolute atomic E-state index is 14.1. The Balaban J connectivity index is 1.79. The second-order valence-corrected chi connectivity index (χ2v) is 6.99. The summed E-state index contributed by atoms with van der Waals surface area (Å²) in [4.78, 5) is 15.9. The number of amides is 1. The van der Waals surface area contributed by atoms with Crippen molar-refractivity contribution in [2.45, 2.75) is 12.5 Å². The monoisotopic (exact) mass is 355 g/mol. The summed E-state index contributed by atoms with van der Waals surface area (Å²) >= 11 is 1.68. The third-order valence-corrected chi connectivity index (χ3v) is 5.50. The van der Waals surface area contributed by atoms with E-state index >= 15 is 0 Å². The van der Waals surface area contributed by atoms with Crippen LogP contribution in [-0.4, -0.2) is 17.4 Å². The first-order chi connectivity index (χ1) is 12.1. The summed E-state index contributed by atoms with van der Waals surface area (Å²) in [5, 5.41) is 2.02. The van der Waals surface area contributed by atoms with Gasteiger partial charge >= 0.3 is 0 Å². The predicted octanol–water partition coefficient (Wildman–Crippen LogP) is 4.81. The van der Waals surface area contributed by atoms with Gasteiger partial charge in [0.15, 0.2) is 0 Å². The Kier molecular flexibility index (Phi) is 4.09. The van der Waals surface area contributed by atoms with Crippen LogP contribution in [0.5, 0.6) is 0 Å². The van der Waals surface area contributed by atoms with E-state index in [4.69, 9.17) is 0 Å². The zero-order valence-corrected chi connectivity index (χ0v) is 14.1. The van der Waals surface area contributed by atoms with Crippen LogP contribution >= 0.6 is 11.3 Å². The molecule has 3 aromatic rings. The Morgan fingerprint density at radius 2 is 1.88 bits per heavy atom. The van der Waals surface area contributed by atoms with Gasteiger partial charge in [-0.3, -0.25) is 4.79 Å². The predicted molar refractivity (Wildman–Crippen MR) is 93.7 cm³/mol. The molecule has 1 aromatic heterocycles. The minimum Gasteiger partial charge on any atom is -0.327 e. The van der Waals surface area contributed by atoms with Crippen molar-refractivity contribution >= 4 is 17.2 Å². The van der Waals surface area contributed by atoms with E-state index < -0.39 is 17.5 Å². The second-order valence-electron chi connectivity index (χ2n) is 5.99. The maximum Gasteiger partial charge on any atom is 0.257 e. The number of hydrogen-bond donors (Lipinski definition) is 0. The van der Waals surface area contributed by atoms with Crippen molar-refractivity contribution in [3.05, 3.63) is 93.2 Å². The minimum absolute atomic E-state index is 0.0963. The summed E-state index contributed by atoms with van der Waals surface area (Å²) in [7, 11) is 0. The van der Waals surface area contributed by atoms with Gasteiger partial charge in [0, 0.05) is 17.5 Å². The maximum atomic E-state index is 14.1. The molecular weight excluding hydrogens is 340 g/mol. The molecule has 0 fully saturated rings. The van der Waals surface area contributed by atoms with Gasteiger partial charge in [0.2, 0.25) is 0 Å². The highest BCUT2D eigenvalue weighted by atomic mass is 32.1. The largest absolute Gasteiger partial charge is 0.327 e. The summed E-state index contributed by atoms with van der Waals surface area (Å²) in [6.45, 7) is 0.503. The average molecular weight is 355 g/mol. The number of fused-ring (bicyclic) bond motifs is 1. The standard InChI is InChI=1S/C20H15F2NOS/c21-14-6-7-15(17(22)12-14)20(24)23-10-8-18-16(9-11-25-18)19(23)13-4-2-1-3-5-13/h1-7,9,11-12,19H,8,10H2/t19-/m1/s1.